The molecule has 7 rings (SSSR count). The van der Waals surface area contributed by atoms with Gasteiger partial charge in [-0.2, -0.15) is 4.31 Å². The predicted octanol–water partition coefficient (Wildman–Crippen LogP) is 5.20. The average Bonchev–Trinajstić information content (AvgIpc) is 3.07. The molecule has 0 radical (unpaired) electrons. The second-order valence-electron chi connectivity index (χ2n) is 10.5. The van der Waals surface area contributed by atoms with Crippen LogP contribution in [0.2, 0.25) is 0 Å². The molecule has 2 atom stereocenters. The summed E-state index contributed by atoms with van der Waals surface area (Å²) in [5.41, 5.74) is 0.523. The number of carbonyl (C=O) groups is 1. The first-order chi connectivity index (χ1) is 17.3. The molecule has 186 valence electrons. The number of carbonyl (C=O) groups excluding carboxylic acids is 1. The van der Waals surface area contributed by atoms with E-state index in [9.17, 15) is 23.3 Å². The monoisotopic (exact) mass is 505 g/mol. The SMILES string of the molecule is O=C(Nc1cccc2cc(S(=O)(=O)N3CC4CC5CC(C4)CC3C5)ccc12)c1cccc([N+](=O)[O-])c1. The van der Waals surface area contributed by atoms with Crippen LogP contribution >= 0.6 is 0 Å². The lowest BCUT2D eigenvalue weighted by Crippen LogP contribution is -2.42. The molecular weight excluding hydrogens is 478 g/mol. The molecule has 2 unspecified atom stereocenters. The standard InChI is InChI=1S/C27H27N3O5S/c31-27(21-4-1-5-22(14-21)30(32)33)28-26-6-2-3-20-15-24(7-8-25(20)26)36(34,35)29-16-19-10-17-9-18(11-19)13-23(29)12-17/h1-8,14-15,17-19,23H,9-13,16H2,(H,28,31). The van der Waals surface area contributed by atoms with Crippen molar-refractivity contribution in [3.8, 4) is 0 Å². The highest BCUT2D eigenvalue weighted by Gasteiger charge is 2.46. The molecule has 2 heterocycles. The molecule has 36 heavy (non-hydrogen) atoms. The first kappa shape index (κ1) is 23.1. The lowest BCUT2D eigenvalue weighted by Gasteiger charge is -2.38. The van der Waals surface area contributed by atoms with Crippen molar-refractivity contribution in [1.29, 1.82) is 0 Å². The van der Waals surface area contributed by atoms with Crippen LogP contribution < -0.4 is 5.32 Å². The van der Waals surface area contributed by atoms with Gasteiger partial charge in [0.1, 0.15) is 0 Å². The Balaban J connectivity index is 1.29. The molecule has 8 nitrogen and oxygen atoms in total. The summed E-state index contributed by atoms with van der Waals surface area (Å²) < 4.78 is 29.3. The Morgan fingerprint density at radius 1 is 0.917 bits per heavy atom. The molecule has 3 aromatic carbocycles. The molecule has 4 fully saturated rings. The number of benzene rings is 3. The van der Waals surface area contributed by atoms with E-state index in [1.165, 1.54) is 30.7 Å². The number of fused-ring (bicyclic) bond motifs is 2. The van der Waals surface area contributed by atoms with E-state index in [0.29, 0.717) is 40.8 Å². The van der Waals surface area contributed by atoms with E-state index in [1.807, 2.05) is 6.07 Å². The normalized spacial score (nSPS) is 25.6. The van der Waals surface area contributed by atoms with Gasteiger partial charge in [0.05, 0.1) is 9.82 Å². The molecule has 2 aliphatic carbocycles. The number of nitrogens with zero attached hydrogens (tertiary/aromatic N) is 2. The second kappa shape index (κ2) is 8.67. The van der Waals surface area contributed by atoms with Crippen LogP contribution in [0.3, 0.4) is 0 Å². The Morgan fingerprint density at radius 2 is 1.64 bits per heavy atom. The number of hydrogen-bond acceptors (Lipinski definition) is 5. The van der Waals surface area contributed by atoms with Crippen LogP contribution in [0.1, 0.15) is 42.5 Å². The van der Waals surface area contributed by atoms with Crippen LogP contribution in [0.5, 0.6) is 0 Å². The molecule has 4 aliphatic rings. The Kier molecular flexibility index (Phi) is 5.57. The maximum atomic E-state index is 13.8. The van der Waals surface area contributed by atoms with E-state index in [1.54, 1.807) is 34.6 Å². The third-order valence-electron chi connectivity index (χ3n) is 8.08. The summed E-state index contributed by atoms with van der Waals surface area (Å²) in [6.07, 6.45) is 5.47. The Hall–Kier alpha value is -3.30. The molecule has 2 aliphatic heterocycles. The minimum absolute atomic E-state index is 0.0856. The van der Waals surface area contributed by atoms with Gasteiger partial charge in [-0.15, -0.1) is 0 Å². The number of nitro groups is 1. The van der Waals surface area contributed by atoms with E-state index in [4.69, 9.17) is 0 Å². The fraction of sp³-hybridized carbons (Fsp3) is 0.370. The van der Waals surface area contributed by atoms with Gasteiger partial charge in [0, 0.05) is 41.4 Å². The number of sulfonamides is 1. The Labute approximate surface area is 209 Å². The number of rotatable bonds is 5. The number of nitro benzene ring substituents is 1. The first-order valence-electron chi connectivity index (χ1n) is 12.4. The van der Waals surface area contributed by atoms with Crippen LogP contribution in [-0.4, -0.2) is 36.1 Å². The molecule has 1 N–H and O–H groups in total. The quantitative estimate of drug-likeness (QED) is 0.379. The van der Waals surface area contributed by atoms with Crippen LogP contribution in [0.15, 0.2) is 65.6 Å². The number of non-ortho nitro benzene ring substituents is 1. The van der Waals surface area contributed by atoms with Crippen LogP contribution in [0.4, 0.5) is 11.4 Å². The van der Waals surface area contributed by atoms with Gasteiger partial charge in [-0.1, -0.05) is 24.3 Å². The fourth-order valence-corrected chi connectivity index (χ4v) is 8.42. The zero-order chi connectivity index (χ0) is 25.0. The van der Waals surface area contributed by atoms with Gasteiger partial charge in [-0.05, 0) is 79.5 Å². The summed E-state index contributed by atoms with van der Waals surface area (Å²) in [6, 6.07) is 16.0. The zero-order valence-corrected chi connectivity index (χ0v) is 20.5. The van der Waals surface area contributed by atoms with Gasteiger partial charge in [-0.3, -0.25) is 14.9 Å². The predicted molar refractivity (Wildman–Crippen MR) is 136 cm³/mol. The highest BCUT2D eigenvalue weighted by molar-refractivity contribution is 7.89. The average molecular weight is 506 g/mol. The van der Waals surface area contributed by atoms with E-state index >= 15 is 0 Å². The molecule has 9 heteroatoms. The zero-order valence-electron chi connectivity index (χ0n) is 19.7. The molecule has 1 amide bonds. The van der Waals surface area contributed by atoms with Crippen molar-refractivity contribution in [3.05, 3.63) is 76.3 Å². The van der Waals surface area contributed by atoms with Crippen molar-refractivity contribution in [1.82, 2.24) is 4.31 Å². The van der Waals surface area contributed by atoms with Gasteiger partial charge in [-0.25, -0.2) is 8.42 Å². The molecule has 0 aromatic heterocycles. The molecule has 4 bridgehead atoms. The lowest BCUT2D eigenvalue weighted by molar-refractivity contribution is -0.384. The largest absolute Gasteiger partial charge is 0.321 e. The third kappa shape index (κ3) is 4.06. The molecule has 0 spiro atoms. The van der Waals surface area contributed by atoms with E-state index in [2.05, 4.69) is 5.32 Å². The van der Waals surface area contributed by atoms with E-state index in [0.717, 1.165) is 25.7 Å². The van der Waals surface area contributed by atoms with Gasteiger partial charge in [0.25, 0.3) is 11.6 Å². The Morgan fingerprint density at radius 3 is 2.39 bits per heavy atom. The smallest absolute Gasteiger partial charge is 0.270 e. The summed E-state index contributed by atoms with van der Waals surface area (Å²) >= 11 is 0. The van der Waals surface area contributed by atoms with Crippen LogP contribution in [-0.2, 0) is 10.0 Å². The highest BCUT2D eigenvalue weighted by atomic mass is 32.2. The second-order valence-corrected chi connectivity index (χ2v) is 12.3. The summed E-state index contributed by atoms with van der Waals surface area (Å²) in [5.74, 6) is 1.29. The summed E-state index contributed by atoms with van der Waals surface area (Å²) in [6.45, 7) is 0.608. The van der Waals surface area contributed by atoms with Gasteiger partial charge >= 0.3 is 0 Å². The van der Waals surface area contributed by atoms with E-state index < -0.39 is 20.9 Å². The molecular formula is C27H27N3O5S. The number of hydrogen-bond donors (Lipinski definition) is 1. The fourth-order valence-electron chi connectivity index (χ4n) is 6.66. The molecule has 3 aromatic rings. The van der Waals surface area contributed by atoms with Gasteiger partial charge < -0.3 is 5.32 Å². The van der Waals surface area contributed by atoms with Crippen LogP contribution in [0.25, 0.3) is 10.8 Å². The Bertz CT molecular complexity index is 1470. The summed E-state index contributed by atoms with van der Waals surface area (Å²) in [7, 11) is -3.64. The van der Waals surface area contributed by atoms with Crippen molar-refractivity contribution in [2.75, 3.05) is 11.9 Å². The molecule has 2 saturated heterocycles. The van der Waals surface area contributed by atoms with E-state index in [-0.39, 0.29) is 22.2 Å². The topological polar surface area (TPSA) is 110 Å². The van der Waals surface area contributed by atoms with Crippen molar-refractivity contribution < 1.29 is 18.1 Å². The number of anilines is 1. The van der Waals surface area contributed by atoms with Gasteiger partial charge in [0.2, 0.25) is 10.0 Å². The number of nitrogens with one attached hydrogen (secondary N) is 1. The maximum Gasteiger partial charge on any atom is 0.270 e. The molecule has 2 saturated carbocycles. The first-order valence-corrected chi connectivity index (χ1v) is 13.8. The minimum atomic E-state index is -3.64. The van der Waals surface area contributed by atoms with Crippen molar-refractivity contribution >= 4 is 38.1 Å². The van der Waals surface area contributed by atoms with Crippen molar-refractivity contribution in [2.45, 2.75) is 43.0 Å². The highest BCUT2D eigenvalue weighted by Crippen LogP contribution is 2.48. The third-order valence-corrected chi connectivity index (χ3v) is 10.00. The van der Waals surface area contributed by atoms with Crippen molar-refractivity contribution in [2.24, 2.45) is 17.8 Å². The van der Waals surface area contributed by atoms with Gasteiger partial charge in [0.15, 0.2) is 0 Å². The number of amides is 1. The lowest BCUT2D eigenvalue weighted by atomic mass is 9.68. The summed E-state index contributed by atoms with van der Waals surface area (Å²) in [5, 5.41) is 15.3. The summed E-state index contributed by atoms with van der Waals surface area (Å²) in [4.78, 5) is 23.6. The minimum Gasteiger partial charge on any atom is -0.321 e. The van der Waals surface area contributed by atoms with Crippen LogP contribution in [0, 0.1) is 27.9 Å². The van der Waals surface area contributed by atoms with Crippen molar-refractivity contribution in [3.63, 3.8) is 0 Å². The maximum absolute atomic E-state index is 13.8.